The number of ether oxygens (including phenoxy) is 3. The van der Waals surface area contributed by atoms with Crippen molar-refractivity contribution in [2.75, 3.05) is 18.6 Å². The molecule has 7 nitrogen and oxygen atoms in total. The van der Waals surface area contributed by atoms with E-state index in [9.17, 15) is 9.59 Å². The Morgan fingerprint density at radius 1 is 1.23 bits per heavy atom. The minimum absolute atomic E-state index is 0.253. The van der Waals surface area contributed by atoms with Gasteiger partial charge in [0.15, 0.2) is 21.9 Å². The Kier molecular flexibility index (Phi) is 7.19. The molecule has 1 heterocycles. The van der Waals surface area contributed by atoms with Crippen molar-refractivity contribution in [2.45, 2.75) is 20.0 Å². The number of nitrogens with zero attached hydrogens (tertiary/aromatic N) is 1. The summed E-state index contributed by atoms with van der Waals surface area (Å²) < 4.78 is 16.8. The van der Waals surface area contributed by atoms with Gasteiger partial charge in [0.05, 0.1) is 24.3 Å². The van der Waals surface area contributed by atoms with Gasteiger partial charge in [-0.2, -0.15) is 0 Å². The molecule has 1 atom stereocenters. The highest BCUT2D eigenvalue weighted by molar-refractivity contribution is 8.27. The predicted molar refractivity (Wildman–Crippen MR) is 124 cm³/mol. The number of thiocarbonyl (C=S) groups is 1. The zero-order valence-corrected chi connectivity index (χ0v) is 18.8. The van der Waals surface area contributed by atoms with Gasteiger partial charge < -0.3 is 19.3 Å². The number of benzene rings is 2. The lowest BCUT2D eigenvalue weighted by Crippen LogP contribution is -2.27. The first-order valence-corrected chi connectivity index (χ1v) is 10.7. The van der Waals surface area contributed by atoms with Crippen LogP contribution in [-0.4, -0.2) is 41.1 Å². The van der Waals surface area contributed by atoms with Gasteiger partial charge in [-0.3, -0.25) is 9.69 Å². The molecule has 1 amide bonds. The molecule has 1 fully saturated rings. The molecular formula is C22H21NO6S2. The molecule has 0 spiro atoms. The molecule has 9 heteroatoms. The summed E-state index contributed by atoms with van der Waals surface area (Å²) in [6, 6.07) is 12.2. The van der Waals surface area contributed by atoms with Crippen molar-refractivity contribution >= 4 is 51.9 Å². The smallest absolute Gasteiger partial charge is 0.344 e. The topological polar surface area (TPSA) is 85.3 Å². The van der Waals surface area contributed by atoms with Crippen LogP contribution < -0.4 is 19.1 Å². The van der Waals surface area contributed by atoms with Gasteiger partial charge in [0.2, 0.25) is 0 Å². The molecule has 162 valence electrons. The number of para-hydroxylation sites is 2. The first-order valence-electron chi connectivity index (χ1n) is 9.43. The number of amides is 1. The van der Waals surface area contributed by atoms with Crippen LogP contribution in [0.3, 0.4) is 0 Å². The SMILES string of the molecule is CCOc1cc(/C=C2/SC(=S)N(c3ccccc3OC)C2=O)ccc1OC(C)C(=O)O. The number of carbonyl (C=O) groups is 2. The average molecular weight is 460 g/mol. The van der Waals surface area contributed by atoms with E-state index in [0.29, 0.717) is 44.3 Å². The van der Waals surface area contributed by atoms with E-state index in [1.165, 1.54) is 30.7 Å². The van der Waals surface area contributed by atoms with E-state index in [1.807, 2.05) is 19.1 Å². The Morgan fingerprint density at radius 2 is 1.97 bits per heavy atom. The van der Waals surface area contributed by atoms with Gasteiger partial charge in [-0.25, -0.2) is 4.79 Å². The summed E-state index contributed by atoms with van der Waals surface area (Å²) in [5.41, 5.74) is 1.27. The molecule has 0 bridgehead atoms. The summed E-state index contributed by atoms with van der Waals surface area (Å²) in [6.07, 6.45) is 0.684. The lowest BCUT2D eigenvalue weighted by molar-refractivity contribution is -0.144. The minimum atomic E-state index is -1.08. The van der Waals surface area contributed by atoms with Crippen molar-refractivity contribution in [3.63, 3.8) is 0 Å². The van der Waals surface area contributed by atoms with Crippen molar-refractivity contribution < 1.29 is 28.9 Å². The largest absolute Gasteiger partial charge is 0.495 e. The molecule has 0 saturated carbocycles. The predicted octanol–water partition coefficient (Wildman–Crippen LogP) is 4.35. The van der Waals surface area contributed by atoms with Crippen LogP contribution in [0, 0.1) is 0 Å². The number of carboxylic acid groups (broad SMARTS) is 1. The first-order chi connectivity index (χ1) is 14.8. The highest BCUT2D eigenvalue weighted by atomic mass is 32.2. The standard InChI is InChI=1S/C22H21NO6S2/c1-4-28-18-11-14(9-10-17(18)29-13(2)21(25)26)12-19-20(24)23(22(30)31-19)15-7-5-6-8-16(15)27-3/h5-13H,4H2,1-3H3,(H,25,26)/b19-12+. The van der Waals surface area contributed by atoms with Gasteiger partial charge >= 0.3 is 5.97 Å². The summed E-state index contributed by atoms with van der Waals surface area (Å²) in [5, 5.41) is 9.08. The normalized spacial score (nSPS) is 15.8. The monoisotopic (exact) mass is 459 g/mol. The number of hydrogen-bond acceptors (Lipinski definition) is 7. The fraction of sp³-hybridized carbons (Fsp3) is 0.227. The molecule has 0 aliphatic carbocycles. The van der Waals surface area contributed by atoms with Gasteiger partial charge in [0, 0.05) is 0 Å². The van der Waals surface area contributed by atoms with Gasteiger partial charge in [0.25, 0.3) is 5.91 Å². The molecule has 31 heavy (non-hydrogen) atoms. The van der Waals surface area contributed by atoms with Crippen LogP contribution in [0.5, 0.6) is 17.2 Å². The van der Waals surface area contributed by atoms with Crippen molar-refractivity contribution in [3.8, 4) is 17.2 Å². The molecule has 1 N–H and O–H groups in total. The van der Waals surface area contributed by atoms with Crippen LogP contribution in [0.25, 0.3) is 6.08 Å². The maximum atomic E-state index is 13.1. The number of carbonyl (C=O) groups excluding carboxylic acids is 1. The van der Waals surface area contributed by atoms with Crippen LogP contribution in [0.1, 0.15) is 19.4 Å². The van der Waals surface area contributed by atoms with Crippen LogP contribution in [0.4, 0.5) is 5.69 Å². The van der Waals surface area contributed by atoms with E-state index in [-0.39, 0.29) is 5.91 Å². The number of rotatable bonds is 8. The average Bonchev–Trinajstić information content (AvgIpc) is 3.02. The minimum Gasteiger partial charge on any atom is -0.495 e. The third-order valence-electron chi connectivity index (χ3n) is 4.34. The third-order valence-corrected chi connectivity index (χ3v) is 5.64. The summed E-state index contributed by atoms with van der Waals surface area (Å²) in [4.78, 5) is 26.0. The zero-order valence-electron chi connectivity index (χ0n) is 17.2. The number of anilines is 1. The first kappa shape index (κ1) is 22.6. The molecule has 3 rings (SSSR count). The summed E-state index contributed by atoms with van der Waals surface area (Å²) in [6.45, 7) is 3.63. The second-order valence-electron chi connectivity index (χ2n) is 6.43. The quantitative estimate of drug-likeness (QED) is 0.461. The van der Waals surface area contributed by atoms with Crippen molar-refractivity contribution in [3.05, 3.63) is 52.9 Å². The van der Waals surface area contributed by atoms with E-state index in [4.69, 9.17) is 31.5 Å². The molecule has 1 aliphatic rings. The highest BCUT2D eigenvalue weighted by Gasteiger charge is 2.34. The maximum absolute atomic E-state index is 13.1. The Morgan fingerprint density at radius 3 is 2.65 bits per heavy atom. The number of hydrogen-bond donors (Lipinski definition) is 1. The van der Waals surface area contributed by atoms with E-state index < -0.39 is 12.1 Å². The number of thioether (sulfide) groups is 1. The van der Waals surface area contributed by atoms with E-state index in [2.05, 4.69) is 0 Å². The van der Waals surface area contributed by atoms with Crippen LogP contribution in [0.2, 0.25) is 0 Å². The fourth-order valence-corrected chi connectivity index (χ4v) is 4.15. The summed E-state index contributed by atoms with van der Waals surface area (Å²) in [5.74, 6) is -0.0726. The van der Waals surface area contributed by atoms with E-state index in [0.717, 1.165) is 0 Å². The molecule has 0 aromatic heterocycles. The van der Waals surface area contributed by atoms with Crippen LogP contribution in [-0.2, 0) is 9.59 Å². The van der Waals surface area contributed by atoms with Gasteiger partial charge in [-0.05, 0) is 49.8 Å². The summed E-state index contributed by atoms with van der Waals surface area (Å²) >= 11 is 6.62. The van der Waals surface area contributed by atoms with E-state index in [1.54, 1.807) is 36.4 Å². The summed E-state index contributed by atoms with van der Waals surface area (Å²) in [7, 11) is 1.54. The second-order valence-corrected chi connectivity index (χ2v) is 8.10. The molecular weight excluding hydrogens is 438 g/mol. The zero-order chi connectivity index (χ0) is 22.5. The van der Waals surface area contributed by atoms with Gasteiger partial charge in [-0.15, -0.1) is 0 Å². The second kappa shape index (κ2) is 9.84. The third kappa shape index (κ3) is 5.00. The Balaban J connectivity index is 1.91. The van der Waals surface area contributed by atoms with Crippen molar-refractivity contribution in [2.24, 2.45) is 0 Å². The molecule has 2 aromatic carbocycles. The highest BCUT2D eigenvalue weighted by Crippen LogP contribution is 2.40. The molecule has 1 unspecified atom stereocenters. The lowest BCUT2D eigenvalue weighted by Gasteiger charge is -2.17. The number of methoxy groups -OCH3 is 1. The van der Waals surface area contributed by atoms with E-state index >= 15 is 0 Å². The van der Waals surface area contributed by atoms with Crippen LogP contribution in [0.15, 0.2) is 47.4 Å². The van der Waals surface area contributed by atoms with Gasteiger partial charge in [-0.1, -0.05) is 42.2 Å². The molecule has 1 aliphatic heterocycles. The number of aliphatic carboxylic acids is 1. The Bertz CT molecular complexity index is 1050. The van der Waals surface area contributed by atoms with Crippen molar-refractivity contribution in [1.82, 2.24) is 0 Å². The number of carboxylic acids is 1. The molecule has 0 radical (unpaired) electrons. The van der Waals surface area contributed by atoms with Gasteiger partial charge in [0.1, 0.15) is 5.75 Å². The molecule has 1 saturated heterocycles. The fourth-order valence-electron chi connectivity index (χ4n) is 2.86. The Labute approximate surface area is 189 Å². The van der Waals surface area contributed by atoms with Crippen LogP contribution >= 0.6 is 24.0 Å². The lowest BCUT2D eigenvalue weighted by atomic mass is 10.1. The van der Waals surface area contributed by atoms with Crippen molar-refractivity contribution in [1.29, 1.82) is 0 Å². The molecule has 2 aromatic rings. The maximum Gasteiger partial charge on any atom is 0.344 e. The Hall–Kier alpha value is -3.04.